The van der Waals surface area contributed by atoms with Crippen LogP contribution in [0.5, 0.6) is 0 Å². The standard InChI is InChI=1S/C11H21NO5S/c1-2-15-8-9-18(13,14)12-5-3-4-11(10-12)16-6-7-17-11/h2-10H2,1H3. The third kappa shape index (κ3) is 3.21. The van der Waals surface area contributed by atoms with Gasteiger partial charge in [0.2, 0.25) is 10.0 Å². The number of nitrogens with zero attached hydrogens (tertiary/aromatic N) is 1. The summed E-state index contributed by atoms with van der Waals surface area (Å²) >= 11 is 0. The van der Waals surface area contributed by atoms with Crippen molar-refractivity contribution in [2.24, 2.45) is 0 Å². The fourth-order valence-corrected chi connectivity index (χ4v) is 3.75. The van der Waals surface area contributed by atoms with Crippen LogP contribution in [-0.4, -0.2) is 63.8 Å². The molecule has 0 N–H and O–H groups in total. The lowest BCUT2D eigenvalue weighted by Gasteiger charge is -2.37. The van der Waals surface area contributed by atoms with Crippen molar-refractivity contribution in [2.75, 3.05) is 45.3 Å². The van der Waals surface area contributed by atoms with Crippen LogP contribution in [0.1, 0.15) is 19.8 Å². The molecule has 0 radical (unpaired) electrons. The molecule has 0 aliphatic carbocycles. The summed E-state index contributed by atoms with van der Waals surface area (Å²) in [6.07, 6.45) is 1.54. The Morgan fingerprint density at radius 2 is 2.06 bits per heavy atom. The Morgan fingerprint density at radius 1 is 1.33 bits per heavy atom. The molecule has 0 atom stereocenters. The molecule has 0 aromatic carbocycles. The molecule has 6 nitrogen and oxygen atoms in total. The smallest absolute Gasteiger partial charge is 0.216 e. The molecule has 0 amide bonds. The minimum absolute atomic E-state index is 0.0247. The second-order valence-electron chi connectivity index (χ2n) is 4.56. The van der Waals surface area contributed by atoms with Crippen molar-refractivity contribution < 1.29 is 22.6 Å². The molecular weight excluding hydrogens is 258 g/mol. The maximum Gasteiger partial charge on any atom is 0.216 e. The summed E-state index contributed by atoms with van der Waals surface area (Å²) in [7, 11) is -3.27. The summed E-state index contributed by atoms with van der Waals surface area (Å²) in [4.78, 5) is 0. The fraction of sp³-hybridized carbons (Fsp3) is 1.00. The van der Waals surface area contributed by atoms with Crippen LogP contribution in [0, 0.1) is 0 Å². The zero-order chi connectivity index (χ0) is 13.1. The third-order valence-electron chi connectivity index (χ3n) is 3.28. The minimum atomic E-state index is -3.27. The Balaban J connectivity index is 1.95. The Bertz CT molecular complexity index is 364. The molecule has 2 aliphatic heterocycles. The predicted molar refractivity (Wildman–Crippen MR) is 65.7 cm³/mol. The minimum Gasteiger partial charge on any atom is -0.381 e. The molecule has 0 unspecified atom stereocenters. The summed E-state index contributed by atoms with van der Waals surface area (Å²) in [5.74, 6) is -0.673. The summed E-state index contributed by atoms with van der Waals surface area (Å²) in [6.45, 7) is 4.57. The normalized spacial score (nSPS) is 24.7. The van der Waals surface area contributed by atoms with Crippen molar-refractivity contribution >= 4 is 10.0 Å². The first-order valence-electron chi connectivity index (χ1n) is 6.41. The van der Waals surface area contributed by atoms with Gasteiger partial charge in [0.1, 0.15) is 0 Å². The van der Waals surface area contributed by atoms with E-state index in [1.807, 2.05) is 6.92 Å². The highest BCUT2D eigenvalue weighted by Crippen LogP contribution is 2.31. The van der Waals surface area contributed by atoms with E-state index < -0.39 is 15.8 Å². The fourth-order valence-electron chi connectivity index (χ4n) is 2.36. The lowest BCUT2D eigenvalue weighted by Crippen LogP contribution is -2.51. The van der Waals surface area contributed by atoms with Gasteiger partial charge in [0.15, 0.2) is 5.79 Å². The molecule has 1 spiro atoms. The van der Waals surface area contributed by atoms with Gasteiger partial charge in [-0.1, -0.05) is 0 Å². The molecule has 2 saturated heterocycles. The van der Waals surface area contributed by atoms with Crippen LogP contribution in [0.4, 0.5) is 0 Å². The second kappa shape index (κ2) is 5.83. The molecule has 0 saturated carbocycles. The molecule has 7 heteroatoms. The van der Waals surface area contributed by atoms with E-state index in [1.54, 1.807) is 0 Å². The zero-order valence-electron chi connectivity index (χ0n) is 10.8. The van der Waals surface area contributed by atoms with Gasteiger partial charge in [-0.2, -0.15) is 4.31 Å². The van der Waals surface area contributed by atoms with Gasteiger partial charge in [-0.3, -0.25) is 0 Å². The van der Waals surface area contributed by atoms with E-state index in [2.05, 4.69) is 0 Å². The van der Waals surface area contributed by atoms with E-state index in [1.165, 1.54) is 4.31 Å². The van der Waals surface area contributed by atoms with Gasteiger partial charge < -0.3 is 14.2 Å². The van der Waals surface area contributed by atoms with Crippen molar-refractivity contribution in [1.29, 1.82) is 0 Å². The molecule has 0 aromatic heterocycles. The molecule has 2 fully saturated rings. The number of ether oxygens (including phenoxy) is 3. The molecule has 2 aliphatic rings. The van der Waals surface area contributed by atoms with E-state index in [0.717, 1.165) is 12.8 Å². The van der Waals surface area contributed by atoms with E-state index >= 15 is 0 Å². The number of hydrogen-bond donors (Lipinski definition) is 0. The first-order chi connectivity index (χ1) is 8.58. The second-order valence-corrected chi connectivity index (χ2v) is 6.65. The molecule has 0 bridgehead atoms. The quantitative estimate of drug-likeness (QED) is 0.672. The van der Waals surface area contributed by atoms with Crippen LogP contribution < -0.4 is 0 Å². The van der Waals surface area contributed by atoms with Crippen LogP contribution in [0.2, 0.25) is 0 Å². The first kappa shape index (κ1) is 14.2. The van der Waals surface area contributed by atoms with Crippen LogP contribution in [0.3, 0.4) is 0 Å². The van der Waals surface area contributed by atoms with Gasteiger partial charge in [-0.15, -0.1) is 0 Å². The highest BCUT2D eigenvalue weighted by atomic mass is 32.2. The van der Waals surface area contributed by atoms with Gasteiger partial charge in [-0.25, -0.2) is 8.42 Å². The van der Waals surface area contributed by atoms with Crippen molar-refractivity contribution in [1.82, 2.24) is 4.31 Å². The summed E-state index contributed by atoms with van der Waals surface area (Å²) in [5.41, 5.74) is 0. The topological polar surface area (TPSA) is 65.1 Å². The highest BCUT2D eigenvalue weighted by Gasteiger charge is 2.43. The summed E-state index contributed by atoms with van der Waals surface area (Å²) in [5, 5.41) is 0. The first-order valence-corrected chi connectivity index (χ1v) is 8.02. The van der Waals surface area contributed by atoms with Gasteiger partial charge in [-0.05, 0) is 13.3 Å². The molecular formula is C11H21NO5S. The third-order valence-corrected chi connectivity index (χ3v) is 5.06. The average molecular weight is 279 g/mol. The monoisotopic (exact) mass is 279 g/mol. The lowest BCUT2D eigenvalue weighted by molar-refractivity contribution is -0.179. The number of rotatable bonds is 5. The lowest BCUT2D eigenvalue weighted by atomic mass is 10.1. The van der Waals surface area contributed by atoms with Crippen molar-refractivity contribution in [2.45, 2.75) is 25.6 Å². The summed E-state index contributed by atoms with van der Waals surface area (Å²) < 4.78 is 42.0. The molecule has 18 heavy (non-hydrogen) atoms. The summed E-state index contributed by atoms with van der Waals surface area (Å²) in [6, 6.07) is 0. The van der Waals surface area contributed by atoms with Gasteiger partial charge >= 0.3 is 0 Å². The molecule has 0 aromatic rings. The average Bonchev–Trinajstić information content (AvgIpc) is 2.77. The van der Waals surface area contributed by atoms with Gasteiger partial charge in [0, 0.05) is 19.6 Å². The van der Waals surface area contributed by atoms with E-state index in [0.29, 0.717) is 32.9 Å². The van der Waals surface area contributed by atoms with Crippen molar-refractivity contribution in [3.8, 4) is 0 Å². The van der Waals surface area contributed by atoms with Crippen LogP contribution >= 0.6 is 0 Å². The SMILES string of the molecule is CCOCCS(=O)(=O)N1CCCC2(C1)OCCO2. The molecule has 2 heterocycles. The van der Waals surface area contributed by atoms with E-state index in [4.69, 9.17) is 14.2 Å². The van der Waals surface area contributed by atoms with Crippen molar-refractivity contribution in [3.05, 3.63) is 0 Å². The predicted octanol–water partition coefficient (Wildman–Crippen LogP) is 0.192. The van der Waals surface area contributed by atoms with Crippen LogP contribution in [0.25, 0.3) is 0 Å². The van der Waals surface area contributed by atoms with E-state index in [9.17, 15) is 8.42 Å². The van der Waals surface area contributed by atoms with Gasteiger partial charge in [0.05, 0.1) is 32.1 Å². The molecule has 2 rings (SSSR count). The number of piperidine rings is 1. The largest absolute Gasteiger partial charge is 0.381 e. The van der Waals surface area contributed by atoms with Gasteiger partial charge in [0.25, 0.3) is 0 Å². The van der Waals surface area contributed by atoms with Crippen LogP contribution in [0.15, 0.2) is 0 Å². The Kier molecular flexibility index (Phi) is 4.60. The number of sulfonamides is 1. The Labute approximate surface area is 108 Å². The Morgan fingerprint density at radius 3 is 2.72 bits per heavy atom. The highest BCUT2D eigenvalue weighted by molar-refractivity contribution is 7.89. The van der Waals surface area contributed by atoms with Crippen molar-refractivity contribution in [3.63, 3.8) is 0 Å². The Hall–Kier alpha value is -0.210. The number of hydrogen-bond acceptors (Lipinski definition) is 5. The molecule has 106 valence electrons. The van der Waals surface area contributed by atoms with Crippen LogP contribution in [-0.2, 0) is 24.2 Å². The van der Waals surface area contributed by atoms with E-state index in [-0.39, 0.29) is 12.4 Å². The maximum atomic E-state index is 12.1. The zero-order valence-corrected chi connectivity index (χ0v) is 11.6. The maximum absolute atomic E-state index is 12.1.